The summed E-state index contributed by atoms with van der Waals surface area (Å²) in [5.41, 5.74) is 2.86. The second-order valence-corrected chi connectivity index (χ2v) is 6.64. The van der Waals surface area contributed by atoms with Crippen LogP contribution in [-0.4, -0.2) is 4.98 Å². The van der Waals surface area contributed by atoms with Crippen LogP contribution >= 0.6 is 46.4 Å². The summed E-state index contributed by atoms with van der Waals surface area (Å²) >= 11 is 24.3. The summed E-state index contributed by atoms with van der Waals surface area (Å²) in [6, 6.07) is 15.9. The number of pyridine rings is 1. The fraction of sp³-hybridized carbons (Fsp3) is 0. The van der Waals surface area contributed by atoms with Gasteiger partial charge in [0, 0.05) is 31.8 Å². The summed E-state index contributed by atoms with van der Waals surface area (Å²) in [4.78, 5) is 4.41. The van der Waals surface area contributed by atoms with E-state index in [0.29, 0.717) is 42.5 Å². The third-order valence-corrected chi connectivity index (χ3v) is 4.53. The molecule has 0 saturated heterocycles. The molecule has 118 valence electrons. The highest BCUT2D eigenvalue weighted by Crippen LogP contribution is 2.34. The van der Waals surface area contributed by atoms with Crippen LogP contribution in [0.1, 0.15) is 5.69 Å². The molecule has 0 N–H and O–H groups in total. The Hall–Kier alpha value is -1.76. The second kappa shape index (κ2) is 7.01. The van der Waals surface area contributed by atoms with Crippen molar-refractivity contribution in [3.05, 3.63) is 74.3 Å². The molecule has 0 amide bonds. The number of aromatic nitrogens is 1. The van der Waals surface area contributed by atoms with Gasteiger partial charge in [0.25, 0.3) is 0 Å². The second-order valence-electron chi connectivity index (χ2n) is 4.95. The lowest BCUT2D eigenvalue weighted by atomic mass is 10.0. The van der Waals surface area contributed by atoms with E-state index in [1.165, 1.54) is 0 Å². The Morgan fingerprint density at radius 1 is 0.708 bits per heavy atom. The fourth-order valence-corrected chi connectivity index (χ4v) is 3.33. The summed E-state index contributed by atoms with van der Waals surface area (Å²) in [5.74, 6) is 0. The summed E-state index contributed by atoms with van der Waals surface area (Å²) in [6.07, 6.45) is 0. The van der Waals surface area contributed by atoms with Gasteiger partial charge in [0.2, 0.25) is 0 Å². The number of halogens is 4. The Labute approximate surface area is 159 Å². The summed E-state index contributed by atoms with van der Waals surface area (Å²) < 4.78 is 0. The van der Waals surface area contributed by atoms with Gasteiger partial charge in [-0.2, -0.15) is 5.26 Å². The van der Waals surface area contributed by atoms with Crippen LogP contribution in [0.15, 0.2) is 48.5 Å². The van der Waals surface area contributed by atoms with Crippen molar-refractivity contribution in [2.45, 2.75) is 0 Å². The molecule has 0 aliphatic carbocycles. The van der Waals surface area contributed by atoms with E-state index in [-0.39, 0.29) is 5.69 Å². The summed E-state index contributed by atoms with van der Waals surface area (Å²) in [6.45, 7) is 0. The van der Waals surface area contributed by atoms with Gasteiger partial charge in [-0.25, -0.2) is 4.98 Å². The molecule has 0 saturated carbocycles. The number of nitrogens with zero attached hydrogens (tertiary/aromatic N) is 2. The number of nitriles is 1. The van der Waals surface area contributed by atoms with Gasteiger partial charge in [0.1, 0.15) is 11.8 Å². The van der Waals surface area contributed by atoms with E-state index in [2.05, 4.69) is 11.1 Å². The van der Waals surface area contributed by atoms with Crippen molar-refractivity contribution in [3.8, 4) is 28.5 Å². The molecular formula is C18H8Cl4N2. The SMILES string of the molecule is N#Cc1nc(-c2ccc(Cl)cc2Cl)ccc1-c1ccc(Cl)cc1Cl. The Balaban J connectivity index is 2.14. The first-order valence-corrected chi connectivity index (χ1v) is 8.33. The minimum absolute atomic E-state index is 0.253. The van der Waals surface area contributed by atoms with Crippen molar-refractivity contribution in [2.75, 3.05) is 0 Å². The molecule has 0 aliphatic heterocycles. The molecule has 0 radical (unpaired) electrons. The monoisotopic (exact) mass is 392 g/mol. The quantitative estimate of drug-likeness (QED) is 0.474. The topological polar surface area (TPSA) is 36.7 Å². The van der Waals surface area contributed by atoms with Crippen LogP contribution in [0.3, 0.4) is 0 Å². The molecule has 0 spiro atoms. The van der Waals surface area contributed by atoms with Crippen molar-refractivity contribution < 1.29 is 0 Å². The number of benzene rings is 2. The molecule has 6 heteroatoms. The van der Waals surface area contributed by atoms with Gasteiger partial charge < -0.3 is 0 Å². The highest BCUT2D eigenvalue weighted by atomic mass is 35.5. The van der Waals surface area contributed by atoms with Crippen LogP contribution in [0.25, 0.3) is 22.4 Å². The molecule has 24 heavy (non-hydrogen) atoms. The smallest absolute Gasteiger partial charge is 0.149 e. The molecule has 0 aliphatic rings. The highest BCUT2D eigenvalue weighted by molar-refractivity contribution is 6.37. The van der Waals surface area contributed by atoms with Gasteiger partial charge in [0.05, 0.1) is 10.7 Å². The van der Waals surface area contributed by atoms with Gasteiger partial charge in [-0.15, -0.1) is 0 Å². The highest BCUT2D eigenvalue weighted by Gasteiger charge is 2.13. The van der Waals surface area contributed by atoms with E-state index >= 15 is 0 Å². The molecule has 0 bridgehead atoms. The van der Waals surface area contributed by atoms with Gasteiger partial charge in [-0.3, -0.25) is 0 Å². The van der Waals surface area contributed by atoms with E-state index in [1.54, 1.807) is 48.5 Å². The molecule has 0 unspecified atom stereocenters. The van der Waals surface area contributed by atoms with Crippen molar-refractivity contribution in [3.63, 3.8) is 0 Å². The van der Waals surface area contributed by atoms with E-state index in [1.807, 2.05) is 0 Å². The van der Waals surface area contributed by atoms with Crippen molar-refractivity contribution >= 4 is 46.4 Å². The Morgan fingerprint density at radius 2 is 1.25 bits per heavy atom. The van der Waals surface area contributed by atoms with Crippen LogP contribution in [0.2, 0.25) is 20.1 Å². The first kappa shape index (κ1) is 17.1. The van der Waals surface area contributed by atoms with E-state index in [4.69, 9.17) is 46.4 Å². The standard InChI is InChI=1S/C18H8Cl4N2/c19-10-1-3-12(15(21)7-10)13-5-6-17(24-18(13)9-23)14-4-2-11(20)8-16(14)22/h1-8H. The fourth-order valence-electron chi connectivity index (χ4n) is 2.32. The van der Waals surface area contributed by atoms with Gasteiger partial charge in [-0.05, 0) is 42.5 Å². The summed E-state index contributed by atoms with van der Waals surface area (Å²) in [5, 5.41) is 11.5. The predicted octanol–water partition coefficient (Wildman–Crippen LogP) is 6.90. The van der Waals surface area contributed by atoms with Crippen LogP contribution in [0.4, 0.5) is 0 Å². The first-order valence-electron chi connectivity index (χ1n) is 6.81. The average Bonchev–Trinajstić information content (AvgIpc) is 2.55. The summed E-state index contributed by atoms with van der Waals surface area (Å²) in [7, 11) is 0. The predicted molar refractivity (Wildman–Crippen MR) is 99.9 cm³/mol. The first-order chi connectivity index (χ1) is 11.5. The van der Waals surface area contributed by atoms with Crippen LogP contribution in [-0.2, 0) is 0 Å². The maximum Gasteiger partial charge on any atom is 0.149 e. The maximum atomic E-state index is 9.47. The lowest BCUT2D eigenvalue weighted by Gasteiger charge is -2.10. The van der Waals surface area contributed by atoms with Gasteiger partial charge in [-0.1, -0.05) is 52.5 Å². The molecule has 2 aromatic carbocycles. The minimum atomic E-state index is 0.253. The Kier molecular flexibility index (Phi) is 4.99. The molecule has 0 fully saturated rings. The Bertz CT molecular complexity index is 977. The zero-order chi connectivity index (χ0) is 17.3. The molecular weight excluding hydrogens is 386 g/mol. The van der Waals surface area contributed by atoms with Crippen LogP contribution in [0.5, 0.6) is 0 Å². The molecule has 0 atom stereocenters. The molecule has 1 aromatic heterocycles. The van der Waals surface area contributed by atoms with Crippen LogP contribution in [0, 0.1) is 11.3 Å². The van der Waals surface area contributed by atoms with Gasteiger partial charge in [0.15, 0.2) is 0 Å². The molecule has 1 heterocycles. The lowest BCUT2D eigenvalue weighted by Crippen LogP contribution is -1.93. The molecule has 3 aromatic rings. The van der Waals surface area contributed by atoms with Crippen LogP contribution < -0.4 is 0 Å². The average molecular weight is 394 g/mol. The maximum absolute atomic E-state index is 9.47. The number of hydrogen-bond acceptors (Lipinski definition) is 2. The zero-order valence-electron chi connectivity index (χ0n) is 12.0. The number of hydrogen-bond donors (Lipinski definition) is 0. The lowest BCUT2D eigenvalue weighted by molar-refractivity contribution is 1.27. The zero-order valence-corrected chi connectivity index (χ0v) is 15.0. The third-order valence-electron chi connectivity index (χ3n) is 3.43. The molecule has 3 rings (SSSR count). The molecule has 2 nitrogen and oxygen atoms in total. The third kappa shape index (κ3) is 3.36. The largest absolute Gasteiger partial charge is 0.236 e. The van der Waals surface area contributed by atoms with Crippen molar-refractivity contribution in [1.82, 2.24) is 4.98 Å². The number of rotatable bonds is 2. The van der Waals surface area contributed by atoms with E-state index in [0.717, 1.165) is 0 Å². The van der Waals surface area contributed by atoms with Crippen molar-refractivity contribution in [2.24, 2.45) is 0 Å². The van der Waals surface area contributed by atoms with Crippen molar-refractivity contribution in [1.29, 1.82) is 5.26 Å². The van der Waals surface area contributed by atoms with Gasteiger partial charge >= 0.3 is 0 Å². The van der Waals surface area contributed by atoms with E-state index in [9.17, 15) is 5.26 Å². The van der Waals surface area contributed by atoms with E-state index < -0.39 is 0 Å². The minimum Gasteiger partial charge on any atom is -0.236 e. The Morgan fingerprint density at radius 3 is 1.79 bits per heavy atom. The normalized spacial score (nSPS) is 10.5.